The van der Waals surface area contributed by atoms with Gasteiger partial charge in [0, 0.05) is 18.8 Å². The largest absolute Gasteiger partial charge is 0.573 e. The van der Waals surface area contributed by atoms with Crippen molar-refractivity contribution in [1.82, 2.24) is 0 Å². The molecule has 1 fully saturated rings. The molecule has 1 heterocycles. The van der Waals surface area contributed by atoms with Crippen LogP contribution in [0.4, 0.5) is 18.9 Å². The maximum Gasteiger partial charge on any atom is 0.573 e. The minimum Gasteiger partial charge on any atom is -0.508 e. The van der Waals surface area contributed by atoms with Crippen LogP contribution in [0.5, 0.6) is 11.5 Å². The number of nitrogens with zero attached hydrogens (tertiary/aromatic N) is 1. The van der Waals surface area contributed by atoms with Crippen LogP contribution in [0.15, 0.2) is 77.7 Å². The van der Waals surface area contributed by atoms with E-state index in [4.69, 9.17) is 9.29 Å². The molecule has 0 bridgehead atoms. The van der Waals surface area contributed by atoms with E-state index in [2.05, 4.69) is 9.64 Å². The van der Waals surface area contributed by atoms with Crippen molar-refractivity contribution >= 4 is 15.8 Å². The quantitative estimate of drug-likeness (QED) is 0.387. The predicted octanol–water partition coefficient (Wildman–Crippen LogP) is 5.72. The highest BCUT2D eigenvalue weighted by atomic mass is 32.2. The Kier molecular flexibility index (Phi) is 9.41. The summed E-state index contributed by atoms with van der Waals surface area (Å²) >= 11 is 0. The summed E-state index contributed by atoms with van der Waals surface area (Å²) in [5, 5.41) is 9.35. The fourth-order valence-electron chi connectivity index (χ4n) is 3.66. The summed E-state index contributed by atoms with van der Waals surface area (Å²) in [5.41, 5.74) is 2.83. The van der Waals surface area contributed by atoms with Crippen molar-refractivity contribution in [3.05, 3.63) is 83.9 Å². The second-order valence-electron chi connectivity index (χ2n) is 8.49. The molecule has 1 aliphatic rings. The van der Waals surface area contributed by atoms with Gasteiger partial charge in [0.05, 0.1) is 17.6 Å². The zero-order valence-electron chi connectivity index (χ0n) is 20.1. The van der Waals surface area contributed by atoms with Crippen molar-refractivity contribution in [3.63, 3.8) is 0 Å². The SMILES string of the molecule is Cc1ccc(S(=O)(=O)O)cc1.Oc1ccc(N2CCC(OCc3ccc(OC(F)(F)F)cc3)CC2)cc1. The molecule has 7 nitrogen and oxygen atoms in total. The van der Waals surface area contributed by atoms with Gasteiger partial charge in [-0.2, -0.15) is 8.42 Å². The van der Waals surface area contributed by atoms with Gasteiger partial charge in [-0.3, -0.25) is 4.55 Å². The van der Waals surface area contributed by atoms with E-state index in [-0.39, 0.29) is 22.5 Å². The fourth-order valence-corrected chi connectivity index (χ4v) is 4.14. The first-order valence-corrected chi connectivity index (χ1v) is 12.9. The van der Waals surface area contributed by atoms with Crippen molar-refractivity contribution in [3.8, 4) is 11.5 Å². The maximum atomic E-state index is 12.1. The van der Waals surface area contributed by atoms with E-state index >= 15 is 0 Å². The monoisotopic (exact) mass is 539 g/mol. The van der Waals surface area contributed by atoms with Crippen LogP contribution in [0.2, 0.25) is 0 Å². The average Bonchev–Trinajstić information content (AvgIpc) is 2.84. The third kappa shape index (κ3) is 9.60. The van der Waals surface area contributed by atoms with Crippen LogP contribution < -0.4 is 9.64 Å². The summed E-state index contributed by atoms with van der Waals surface area (Å²) in [6.45, 7) is 3.91. The molecule has 2 N–H and O–H groups in total. The number of hydrogen-bond donors (Lipinski definition) is 2. The number of aromatic hydroxyl groups is 1. The van der Waals surface area contributed by atoms with Crippen molar-refractivity contribution in [2.75, 3.05) is 18.0 Å². The van der Waals surface area contributed by atoms with Gasteiger partial charge in [0.25, 0.3) is 10.1 Å². The highest BCUT2D eigenvalue weighted by molar-refractivity contribution is 7.85. The van der Waals surface area contributed by atoms with Crippen LogP contribution in [-0.4, -0.2) is 43.6 Å². The molecule has 3 aromatic carbocycles. The zero-order chi connectivity index (χ0) is 27.1. The van der Waals surface area contributed by atoms with Gasteiger partial charge in [0.1, 0.15) is 11.5 Å². The first kappa shape index (κ1) is 28.3. The van der Waals surface area contributed by atoms with Gasteiger partial charge >= 0.3 is 6.36 Å². The Labute approximate surface area is 213 Å². The fraction of sp³-hybridized carbons (Fsp3) is 0.308. The van der Waals surface area contributed by atoms with E-state index < -0.39 is 16.5 Å². The van der Waals surface area contributed by atoms with Gasteiger partial charge < -0.3 is 19.5 Å². The lowest BCUT2D eigenvalue weighted by Crippen LogP contribution is -2.36. The normalized spacial score (nSPS) is 14.6. The summed E-state index contributed by atoms with van der Waals surface area (Å²) in [5.74, 6) is 0.0158. The van der Waals surface area contributed by atoms with Crippen LogP contribution in [0.1, 0.15) is 24.0 Å². The van der Waals surface area contributed by atoms with Gasteiger partial charge in [0.15, 0.2) is 0 Å². The minimum atomic E-state index is -4.68. The molecule has 4 rings (SSSR count). The van der Waals surface area contributed by atoms with Crippen molar-refractivity contribution in [1.29, 1.82) is 0 Å². The van der Waals surface area contributed by atoms with Gasteiger partial charge in [-0.25, -0.2) is 0 Å². The lowest BCUT2D eigenvalue weighted by molar-refractivity contribution is -0.274. The van der Waals surface area contributed by atoms with Crippen molar-refractivity contribution in [2.24, 2.45) is 0 Å². The summed E-state index contributed by atoms with van der Waals surface area (Å²) in [7, 11) is -4.02. The maximum absolute atomic E-state index is 12.1. The van der Waals surface area contributed by atoms with Gasteiger partial charge in [0.2, 0.25) is 0 Å². The summed E-state index contributed by atoms with van der Waals surface area (Å²) in [6.07, 6.45) is -2.81. The molecule has 0 atom stereocenters. The van der Waals surface area contributed by atoms with E-state index in [1.165, 1.54) is 24.3 Å². The topological polar surface area (TPSA) is 96.3 Å². The molecule has 0 amide bonds. The minimum absolute atomic E-state index is 0.0666. The highest BCUT2D eigenvalue weighted by Gasteiger charge is 2.31. The van der Waals surface area contributed by atoms with Crippen LogP contribution in [0.25, 0.3) is 0 Å². The molecule has 200 valence electrons. The molecule has 37 heavy (non-hydrogen) atoms. The van der Waals surface area contributed by atoms with E-state index in [1.807, 2.05) is 19.1 Å². The number of benzene rings is 3. The smallest absolute Gasteiger partial charge is 0.508 e. The Bertz CT molecular complexity index is 1220. The van der Waals surface area contributed by atoms with Crippen molar-refractivity contribution < 1.29 is 40.7 Å². The second kappa shape index (κ2) is 12.3. The number of ether oxygens (including phenoxy) is 2. The number of phenols is 1. The summed E-state index contributed by atoms with van der Waals surface area (Å²) < 4.78 is 75.7. The van der Waals surface area contributed by atoms with Gasteiger partial charge in [-0.1, -0.05) is 29.8 Å². The Morgan fingerprint density at radius 2 is 1.49 bits per heavy atom. The molecule has 11 heteroatoms. The molecular formula is C26H28F3NO6S. The summed E-state index contributed by atoms with van der Waals surface area (Å²) in [6, 6.07) is 18.8. The number of phenolic OH excluding ortho intramolecular Hbond substituents is 1. The Morgan fingerprint density at radius 3 is 2.00 bits per heavy atom. The zero-order valence-corrected chi connectivity index (χ0v) is 20.9. The number of hydrogen-bond acceptors (Lipinski definition) is 6. The molecule has 1 aliphatic heterocycles. The number of anilines is 1. The molecule has 0 radical (unpaired) electrons. The van der Waals surface area contributed by atoms with E-state index in [0.29, 0.717) is 6.61 Å². The Morgan fingerprint density at radius 1 is 0.919 bits per heavy atom. The second-order valence-corrected chi connectivity index (χ2v) is 9.92. The standard InChI is InChI=1S/C19H20F3NO3.C7H8O3S/c20-19(21,22)26-18-7-1-14(2-8-18)13-25-17-9-11-23(12-10-17)15-3-5-16(24)6-4-15;1-6-2-4-7(5-3-6)11(8,9)10/h1-8,17,24H,9-13H2;2-5H,1H3,(H,8,9,10). The Balaban J connectivity index is 0.000000289. The summed E-state index contributed by atoms with van der Waals surface area (Å²) in [4.78, 5) is 2.17. The predicted molar refractivity (Wildman–Crippen MR) is 132 cm³/mol. The van der Waals surface area contributed by atoms with Crippen LogP contribution in [0.3, 0.4) is 0 Å². The van der Waals surface area contributed by atoms with Crippen LogP contribution in [-0.2, 0) is 21.5 Å². The molecule has 0 aliphatic carbocycles. The first-order chi connectivity index (χ1) is 17.4. The lowest BCUT2D eigenvalue weighted by atomic mass is 10.1. The average molecular weight is 540 g/mol. The highest BCUT2D eigenvalue weighted by Crippen LogP contribution is 2.25. The number of aryl methyl sites for hydroxylation is 1. The number of piperidine rings is 1. The van der Waals surface area contributed by atoms with Gasteiger partial charge in [-0.15, -0.1) is 13.2 Å². The third-order valence-corrected chi connectivity index (χ3v) is 6.49. The molecule has 0 unspecified atom stereocenters. The molecule has 0 saturated carbocycles. The van der Waals surface area contributed by atoms with E-state index in [9.17, 15) is 26.7 Å². The number of alkyl halides is 3. The van der Waals surface area contributed by atoms with Gasteiger partial charge in [-0.05, 0) is 73.9 Å². The molecular weight excluding hydrogens is 511 g/mol. The molecule has 0 aromatic heterocycles. The molecule has 0 spiro atoms. The Hall–Kier alpha value is -3.28. The van der Waals surface area contributed by atoms with Crippen LogP contribution in [0, 0.1) is 6.92 Å². The lowest BCUT2D eigenvalue weighted by Gasteiger charge is -2.33. The van der Waals surface area contributed by atoms with Crippen molar-refractivity contribution in [2.45, 2.75) is 43.7 Å². The molecule has 3 aromatic rings. The van der Waals surface area contributed by atoms with E-state index in [1.54, 1.807) is 36.4 Å². The van der Waals surface area contributed by atoms with Crippen LogP contribution >= 0.6 is 0 Å². The first-order valence-electron chi connectivity index (χ1n) is 11.4. The molecule has 1 saturated heterocycles. The number of rotatable bonds is 6. The number of halogens is 3. The van der Waals surface area contributed by atoms with E-state index in [0.717, 1.165) is 42.7 Å². The third-order valence-electron chi connectivity index (χ3n) is 5.62.